The average Bonchev–Trinajstić information content (AvgIpc) is 2.77. The van der Waals surface area contributed by atoms with Crippen LogP contribution in [0.15, 0.2) is 29.2 Å². The van der Waals surface area contributed by atoms with Gasteiger partial charge in [0, 0.05) is 11.4 Å². The molecule has 2 rings (SSSR count). The third kappa shape index (κ3) is 3.55. The molecule has 124 valence electrons. The molecule has 9 heteroatoms. The van der Waals surface area contributed by atoms with Crippen LogP contribution in [-0.4, -0.2) is 52.4 Å². The number of imide groups is 2. The van der Waals surface area contributed by atoms with Gasteiger partial charge >= 0.3 is 17.8 Å². The summed E-state index contributed by atoms with van der Waals surface area (Å²) in [4.78, 5) is 49.6. The third-order valence-corrected chi connectivity index (χ3v) is 4.15. The molecule has 0 radical (unpaired) electrons. The summed E-state index contributed by atoms with van der Waals surface area (Å²) in [5, 5.41) is 11.2. The maximum Gasteiger partial charge on any atom is 0.334 e. The van der Waals surface area contributed by atoms with E-state index in [1.54, 1.807) is 31.2 Å². The zero-order valence-electron chi connectivity index (χ0n) is 12.8. The molecule has 24 heavy (non-hydrogen) atoms. The Morgan fingerprint density at radius 1 is 1.21 bits per heavy atom. The highest BCUT2D eigenvalue weighted by molar-refractivity contribution is 7.99. The number of likely N-dealkylation sites (N-methyl/N-ethyl adjacent to an activating group) is 1. The highest BCUT2D eigenvalue weighted by Crippen LogP contribution is 2.26. The van der Waals surface area contributed by atoms with Gasteiger partial charge in [0.25, 0.3) is 0 Å². The quantitative estimate of drug-likeness (QED) is 0.468. The van der Waals surface area contributed by atoms with Crippen molar-refractivity contribution >= 4 is 41.2 Å². The fraction of sp³-hybridized carbons (Fsp3) is 0.267. The van der Waals surface area contributed by atoms with Gasteiger partial charge in [0.2, 0.25) is 5.91 Å². The van der Waals surface area contributed by atoms with E-state index in [-0.39, 0.29) is 12.3 Å². The molecule has 0 bridgehead atoms. The van der Waals surface area contributed by atoms with Gasteiger partial charge in [0.15, 0.2) is 0 Å². The van der Waals surface area contributed by atoms with E-state index in [4.69, 9.17) is 5.26 Å². The van der Waals surface area contributed by atoms with Crippen molar-refractivity contribution in [3.63, 3.8) is 0 Å². The number of hydrogen-bond donors (Lipinski definition) is 1. The molecule has 1 aliphatic rings. The van der Waals surface area contributed by atoms with E-state index < -0.39 is 30.3 Å². The first-order chi connectivity index (χ1) is 11.5. The number of hydrogen-bond acceptors (Lipinski definition) is 6. The van der Waals surface area contributed by atoms with Gasteiger partial charge < -0.3 is 5.32 Å². The molecular formula is C15H14N4O4S. The Labute approximate surface area is 142 Å². The lowest BCUT2D eigenvalue weighted by Gasteiger charge is -2.15. The lowest BCUT2D eigenvalue weighted by atomic mass is 10.3. The summed E-state index contributed by atoms with van der Waals surface area (Å²) in [5.74, 6) is -2.33. The summed E-state index contributed by atoms with van der Waals surface area (Å²) < 4.78 is 0. The second-order valence-corrected chi connectivity index (χ2v) is 5.73. The van der Waals surface area contributed by atoms with Crippen molar-refractivity contribution < 1.29 is 19.2 Å². The van der Waals surface area contributed by atoms with Gasteiger partial charge in [-0.25, -0.2) is 9.69 Å². The summed E-state index contributed by atoms with van der Waals surface area (Å²) in [6, 6.07) is 8.06. The maximum absolute atomic E-state index is 12.1. The number of carbonyl (C=O) groups excluding carboxylic acids is 4. The monoisotopic (exact) mass is 346 g/mol. The Bertz CT molecular complexity index is 743. The molecule has 1 N–H and O–H groups in total. The number of amides is 5. The number of nitriles is 1. The van der Waals surface area contributed by atoms with Crippen LogP contribution in [0.25, 0.3) is 0 Å². The first-order valence-electron chi connectivity index (χ1n) is 7.05. The summed E-state index contributed by atoms with van der Waals surface area (Å²) in [6.07, 6.45) is 0. The van der Waals surface area contributed by atoms with Crippen LogP contribution in [0, 0.1) is 11.3 Å². The summed E-state index contributed by atoms with van der Waals surface area (Å²) in [5.41, 5.74) is 0.473. The lowest BCUT2D eigenvalue weighted by molar-refractivity contribution is -0.143. The highest BCUT2D eigenvalue weighted by atomic mass is 32.2. The largest absolute Gasteiger partial charge is 0.334 e. The first-order valence-corrected chi connectivity index (χ1v) is 8.04. The second-order valence-electron chi connectivity index (χ2n) is 4.71. The number of carbonyl (C=O) groups is 4. The SMILES string of the molecule is CCN1C(=O)C(=O)N(CC(=O)Nc2ccccc2SCC#N)C1=O. The Hall–Kier alpha value is -2.86. The van der Waals surface area contributed by atoms with Crippen LogP contribution in [0.4, 0.5) is 10.5 Å². The van der Waals surface area contributed by atoms with E-state index in [0.717, 1.165) is 4.90 Å². The van der Waals surface area contributed by atoms with E-state index in [1.807, 2.05) is 6.07 Å². The highest BCUT2D eigenvalue weighted by Gasteiger charge is 2.44. The predicted molar refractivity (Wildman–Crippen MR) is 85.9 cm³/mol. The zero-order valence-corrected chi connectivity index (χ0v) is 13.6. The number of nitrogens with zero attached hydrogens (tertiary/aromatic N) is 3. The minimum absolute atomic E-state index is 0.0646. The van der Waals surface area contributed by atoms with Gasteiger partial charge in [-0.1, -0.05) is 12.1 Å². The fourth-order valence-corrected chi connectivity index (χ4v) is 2.78. The Morgan fingerprint density at radius 2 is 1.88 bits per heavy atom. The number of thioether (sulfide) groups is 1. The summed E-state index contributed by atoms with van der Waals surface area (Å²) >= 11 is 1.25. The minimum Gasteiger partial charge on any atom is -0.324 e. The number of anilines is 1. The molecule has 1 aliphatic heterocycles. The van der Waals surface area contributed by atoms with Crippen LogP contribution in [0.5, 0.6) is 0 Å². The van der Waals surface area contributed by atoms with Crippen LogP contribution in [0.1, 0.15) is 6.92 Å². The molecule has 0 unspecified atom stereocenters. The van der Waals surface area contributed by atoms with Crippen molar-refractivity contribution in [3.8, 4) is 6.07 Å². The van der Waals surface area contributed by atoms with E-state index in [2.05, 4.69) is 5.32 Å². The van der Waals surface area contributed by atoms with Crippen LogP contribution >= 0.6 is 11.8 Å². The number of benzene rings is 1. The molecule has 1 aromatic carbocycles. The van der Waals surface area contributed by atoms with Crippen molar-refractivity contribution in [3.05, 3.63) is 24.3 Å². The van der Waals surface area contributed by atoms with Gasteiger partial charge in [-0.15, -0.1) is 11.8 Å². The standard InChI is InChI=1S/C15H14N4O4S/c1-2-18-13(21)14(22)19(15(18)23)9-12(20)17-10-5-3-4-6-11(10)24-8-7-16/h3-6H,2,8-9H2,1H3,(H,17,20). The van der Waals surface area contributed by atoms with Crippen molar-refractivity contribution in [1.82, 2.24) is 9.80 Å². The molecule has 1 aromatic rings. The van der Waals surface area contributed by atoms with E-state index >= 15 is 0 Å². The first kappa shape index (κ1) is 17.5. The van der Waals surface area contributed by atoms with Crippen molar-refractivity contribution in [1.29, 1.82) is 5.26 Å². The van der Waals surface area contributed by atoms with Gasteiger partial charge in [-0.3, -0.25) is 19.3 Å². The third-order valence-electron chi connectivity index (χ3n) is 3.21. The summed E-state index contributed by atoms with van der Waals surface area (Å²) in [7, 11) is 0. The minimum atomic E-state index is -1.01. The van der Waals surface area contributed by atoms with Crippen LogP contribution in [0.3, 0.4) is 0 Å². The molecule has 5 amide bonds. The maximum atomic E-state index is 12.1. The molecule has 0 atom stereocenters. The van der Waals surface area contributed by atoms with Gasteiger partial charge in [-0.05, 0) is 19.1 Å². The Kier molecular flexibility index (Phi) is 5.55. The molecule has 0 aromatic heterocycles. The molecule has 1 heterocycles. The topological polar surface area (TPSA) is 111 Å². The normalized spacial score (nSPS) is 14.1. The van der Waals surface area contributed by atoms with Crippen LogP contribution < -0.4 is 5.32 Å². The number of rotatable bonds is 6. The lowest BCUT2D eigenvalue weighted by Crippen LogP contribution is -2.39. The predicted octanol–water partition coefficient (Wildman–Crippen LogP) is 1.05. The summed E-state index contributed by atoms with van der Waals surface area (Å²) in [6.45, 7) is 1.08. The zero-order chi connectivity index (χ0) is 17.7. The van der Waals surface area contributed by atoms with Gasteiger partial charge in [-0.2, -0.15) is 5.26 Å². The van der Waals surface area contributed by atoms with Crippen molar-refractivity contribution in [2.24, 2.45) is 0 Å². The van der Waals surface area contributed by atoms with Crippen LogP contribution in [-0.2, 0) is 14.4 Å². The van der Waals surface area contributed by atoms with E-state index in [1.165, 1.54) is 11.8 Å². The molecule has 0 spiro atoms. The van der Waals surface area contributed by atoms with Gasteiger partial charge in [0.05, 0.1) is 17.5 Å². The van der Waals surface area contributed by atoms with E-state index in [0.29, 0.717) is 15.5 Å². The van der Waals surface area contributed by atoms with E-state index in [9.17, 15) is 19.2 Å². The molecule has 0 aliphatic carbocycles. The average molecular weight is 346 g/mol. The molecule has 1 saturated heterocycles. The molecular weight excluding hydrogens is 332 g/mol. The number of nitrogens with one attached hydrogen (secondary N) is 1. The molecule has 8 nitrogen and oxygen atoms in total. The molecule has 0 saturated carbocycles. The van der Waals surface area contributed by atoms with Gasteiger partial charge in [0.1, 0.15) is 6.54 Å². The molecule has 1 fully saturated rings. The Morgan fingerprint density at radius 3 is 2.50 bits per heavy atom. The second kappa shape index (κ2) is 7.61. The smallest absolute Gasteiger partial charge is 0.324 e. The van der Waals surface area contributed by atoms with Crippen molar-refractivity contribution in [2.75, 3.05) is 24.2 Å². The fourth-order valence-electron chi connectivity index (χ4n) is 2.11. The van der Waals surface area contributed by atoms with Crippen molar-refractivity contribution in [2.45, 2.75) is 11.8 Å². The van der Waals surface area contributed by atoms with Crippen LogP contribution in [0.2, 0.25) is 0 Å². The number of urea groups is 1. The Balaban J connectivity index is 2.07. The number of para-hydroxylation sites is 1.